The van der Waals surface area contributed by atoms with Crippen LogP contribution in [0.4, 0.5) is 0 Å². The van der Waals surface area contributed by atoms with Crippen molar-refractivity contribution in [2.75, 3.05) is 32.4 Å². The van der Waals surface area contributed by atoms with E-state index in [4.69, 9.17) is 0 Å². The van der Waals surface area contributed by atoms with Crippen LogP contribution in [0.25, 0.3) is 0 Å². The molecule has 0 radical (unpaired) electrons. The van der Waals surface area contributed by atoms with Crippen molar-refractivity contribution in [1.82, 2.24) is 15.5 Å². The van der Waals surface area contributed by atoms with Crippen molar-refractivity contribution < 1.29 is 4.21 Å². The van der Waals surface area contributed by atoms with Gasteiger partial charge in [0.1, 0.15) is 0 Å². The monoisotopic (exact) mass is 472 g/mol. The molecule has 7 heteroatoms. The van der Waals surface area contributed by atoms with E-state index >= 15 is 0 Å². The first-order valence-corrected chi connectivity index (χ1v) is 10.5. The number of guanidine groups is 1. The summed E-state index contributed by atoms with van der Waals surface area (Å²) in [5.41, 5.74) is 0. The van der Waals surface area contributed by atoms with E-state index in [2.05, 4.69) is 41.3 Å². The first kappa shape index (κ1) is 24.1. The topological polar surface area (TPSA) is 56.7 Å². The van der Waals surface area contributed by atoms with Gasteiger partial charge >= 0.3 is 0 Å². The van der Waals surface area contributed by atoms with Crippen molar-refractivity contribution in [3.63, 3.8) is 0 Å². The van der Waals surface area contributed by atoms with Gasteiger partial charge in [-0.25, -0.2) is 0 Å². The lowest BCUT2D eigenvalue weighted by Gasteiger charge is -2.30. The highest BCUT2D eigenvalue weighted by Gasteiger charge is 2.26. The summed E-state index contributed by atoms with van der Waals surface area (Å²) in [6.45, 7) is 11.6. The third-order valence-electron chi connectivity index (χ3n) is 4.67. The summed E-state index contributed by atoms with van der Waals surface area (Å²) in [6.07, 6.45) is 4.39. The Bertz CT molecular complexity index is 393. The Hall–Kier alpha value is 0.110. The van der Waals surface area contributed by atoms with Gasteiger partial charge in [0.2, 0.25) is 0 Å². The molecule has 0 aliphatic heterocycles. The van der Waals surface area contributed by atoms with Gasteiger partial charge in [-0.05, 0) is 39.7 Å². The van der Waals surface area contributed by atoms with Crippen molar-refractivity contribution in [1.29, 1.82) is 0 Å². The van der Waals surface area contributed by atoms with E-state index in [1.807, 2.05) is 14.0 Å². The molecule has 1 aliphatic carbocycles. The summed E-state index contributed by atoms with van der Waals surface area (Å²) in [4.78, 5) is 6.77. The fraction of sp³-hybridized carbons (Fsp3) is 0.941. The van der Waals surface area contributed by atoms with Crippen molar-refractivity contribution in [2.24, 2.45) is 4.99 Å². The summed E-state index contributed by atoms with van der Waals surface area (Å²) in [5.74, 6) is 1.64. The van der Waals surface area contributed by atoms with Gasteiger partial charge in [0, 0.05) is 54.0 Å². The highest BCUT2D eigenvalue weighted by atomic mass is 127. The van der Waals surface area contributed by atoms with E-state index < -0.39 is 10.8 Å². The second-order valence-corrected chi connectivity index (χ2v) is 8.53. The first-order chi connectivity index (χ1) is 11.0. The third kappa shape index (κ3) is 8.47. The maximum Gasteiger partial charge on any atom is 0.191 e. The van der Waals surface area contributed by atoms with Gasteiger partial charge in [0.05, 0.1) is 0 Å². The van der Waals surface area contributed by atoms with Crippen molar-refractivity contribution in [3.8, 4) is 0 Å². The minimum Gasteiger partial charge on any atom is -0.355 e. The summed E-state index contributed by atoms with van der Waals surface area (Å²) >= 11 is 0. The molecular formula is C17H37IN4OS. The number of rotatable bonds is 8. The molecule has 2 N–H and O–H groups in total. The molecule has 0 saturated heterocycles. The molecule has 0 heterocycles. The van der Waals surface area contributed by atoms with Crippen molar-refractivity contribution >= 4 is 40.7 Å². The van der Waals surface area contributed by atoms with Gasteiger partial charge in [-0.1, -0.05) is 20.3 Å². The molecule has 0 spiro atoms. The Morgan fingerprint density at radius 2 is 2.04 bits per heavy atom. The van der Waals surface area contributed by atoms with Crippen LogP contribution in [0, 0.1) is 0 Å². The predicted octanol–water partition coefficient (Wildman–Crippen LogP) is 2.58. The van der Waals surface area contributed by atoms with Gasteiger partial charge in [0.15, 0.2) is 5.96 Å². The summed E-state index contributed by atoms with van der Waals surface area (Å²) in [7, 11) is 1.14. The van der Waals surface area contributed by atoms with Crippen LogP contribution in [0.5, 0.6) is 0 Å². The van der Waals surface area contributed by atoms with Crippen LogP contribution in [0.3, 0.4) is 0 Å². The SMILES string of the molecule is CCN(CCNC(=NC)NC1CCCC(S(=O)CC)C1)C(C)C.I. The van der Waals surface area contributed by atoms with Crippen molar-refractivity contribution in [3.05, 3.63) is 0 Å². The second-order valence-electron chi connectivity index (χ2n) is 6.52. The number of aliphatic imine (C=N–C) groups is 1. The first-order valence-electron chi connectivity index (χ1n) is 9.10. The second kappa shape index (κ2) is 13.3. The fourth-order valence-corrected chi connectivity index (χ4v) is 4.59. The summed E-state index contributed by atoms with van der Waals surface area (Å²) < 4.78 is 12.0. The number of nitrogens with one attached hydrogen (secondary N) is 2. The Kier molecular flexibility index (Phi) is 13.4. The smallest absolute Gasteiger partial charge is 0.191 e. The Labute approximate surface area is 168 Å². The van der Waals surface area contributed by atoms with Gasteiger partial charge < -0.3 is 10.6 Å². The van der Waals surface area contributed by atoms with E-state index in [0.717, 1.165) is 57.0 Å². The Morgan fingerprint density at radius 3 is 2.58 bits per heavy atom. The van der Waals surface area contributed by atoms with Crippen LogP contribution in [0.15, 0.2) is 4.99 Å². The molecular weight excluding hydrogens is 435 g/mol. The van der Waals surface area contributed by atoms with Crippen LogP contribution in [-0.2, 0) is 10.8 Å². The molecule has 3 unspecified atom stereocenters. The van der Waals surface area contributed by atoms with Gasteiger partial charge in [-0.15, -0.1) is 24.0 Å². The average Bonchev–Trinajstić information content (AvgIpc) is 2.56. The quantitative estimate of drug-likeness (QED) is 0.324. The standard InChI is InChI=1S/C17H36N4OS.HI/c1-6-21(14(3)4)12-11-19-17(18-5)20-15-9-8-10-16(13-15)23(22)7-2;/h14-16H,6-13H2,1-5H3,(H2,18,19,20);1H. The van der Waals surface area contributed by atoms with Crippen LogP contribution in [0.2, 0.25) is 0 Å². The highest BCUT2D eigenvalue weighted by Crippen LogP contribution is 2.22. The zero-order chi connectivity index (χ0) is 17.2. The zero-order valence-electron chi connectivity index (χ0n) is 16.0. The molecule has 0 amide bonds. The van der Waals surface area contributed by atoms with E-state index in [0.29, 0.717) is 17.3 Å². The molecule has 24 heavy (non-hydrogen) atoms. The van der Waals surface area contributed by atoms with Crippen LogP contribution >= 0.6 is 24.0 Å². The van der Waals surface area contributed by atoms with Crippen LogP contribution < -0.4 is 10.6 Å². The summed E-state index contributed by atoms with van der Waals surface area (Å²) in [5, 5.41) is 7.29. The highest BCUT2D eigenvalue weighted by molar-refractivity contribution is 14.0. The molecule has 0 bridgehead atoms. The average molecular weight is 472 g/mol. The molecule has 0 aromatic heterocycles. The molecule has 1 aliphatic rings. The maximum absolute atomic E-state index is 12.0. The lowest BCUT2D eigenvalue weighted by Crippen LogP contribution is -2.48. The van der Waals surface area contributed by atoms with E-state index in [-0.39, 0.29) is 24.0 Å². The largest absolute Gasteiger partial charge is 0.355 e. The number of halogens is 1. The summed E-state index contributed by atoms with van der Waals surface area (Å²) in [6, 6.07) is 0.961. The minimum atomic E-state index is -0.676. The van der Waals surface area contributed by atoms with Gasteiger partial charge in [-0.2, -0.15) is 0 Å². The maximum atomic E-state index is 12.0. The van der Waals surface area contributed by atoms with E-state index in [9.17, 15) is 4.21 Å². The predicted molar refractivity (Wildman–Crippen MR) is 117 cm³/mol. The van der Waals surface area contributed by atoms with Gasteiger partial charge in [-0.3, -0.25) is 14.1 Å². The molecule has 144 valence electrons. The van der Waals surface area contributed by atoms with E-state index in [1.165, 1.54) is 0 Å². The number of hydrogen-bond donors (Lipinski definition) is 2. The van der Waals surface area contributed by atoms with Crippen LogP contribution in [0.1, 0.15) is 53.4 Å². The number of likely N-dealkylation sites (N-methyl/N-ethyl adjacent to an activating group) is 1. The lowest BCUT2D eigenvalue weighted by molar-refractivity contribution is 0.237. The molecule has 1 rings (SSSR count). The molecule has 1 fully saturated rings. The Morgan fingerprint density at radius 1 is 1.33 bits per heavy atom. The third-order valence-corrected chi connectivity index (χ3v) is 6.42. The van der Waals surface area contributed by atoms with Crippen molar-refractivity contribution in [2.45, 2.75) is 70.7 Å². The molecule has 3 atom stereocenters. The lowest BCUT2D eigenvalue weighted by atomic mass is 9.95. The van der Waals surface area contributed by atoms with E-state index in [1.54, 1.807) is 0 Å². The number of nitrogens with zero attached hydrogens (tertiary/aromatic N) is 2. The Balaban J connectivity index is 0.00000529. The molecule has 1 saturated carbocycles. The normalized spacial score (nSPS) is 23.0. The zero-order valence-corrected chi connectivity index (χ0v) is 19.2. The van der Waals surface area contributed by atoms with Gasteiger partial charge in [0.25, 0.3) is 0 Å². The molecule has 0 aromatic rings. The van der Waals surface area contributed by atoms with Crippen LogP contribution in [-0.4, -0.2) is 64.8 Å². The molecule has 0 aromatic carbocycles. The molecule has 5 nitrogen and oxygen atoms in total. The minimum absolute atomic E-state index is 0. The number of hydrogen-bond acceptors (Lipinski definition) is 3. The fourth-order valence-electron chi connectivity index (χ4n) is 3.24.